The lowest BCUT2D eigenvalue weighted by Gasteiger charge is -2.12. The van der Waals surface area contributed by atoms with Gasteiger partial charge in [0.2, 0.25) is 10.0 Å². The average molecular weight is 367 g/mol. The van der Waals surface area contributed by atoms with Gasteiger partial charge in [0.05, 0.1) is 21.3 Å². The van der Waals surface area contributed by atoms with Crippen molar-refractivity contribution in [1.29, 1.82) is 0 Å². The zero-order valence-corrected chi connectivity index (χ0v) is 15.1. The maximum absolute atomic E-state index is 12.4. The quantitative estimate of drug-likeness (QED) is 0.683. The molecule has 0 unspecified atom stereocenters. The van der Waals surface area contributed by atoms with E-state index in [1.54, 1.807) is 37.4 Å². The van der Waals surface area contributed by atoms with Crippen LogP contribution in [0.15, 0.2) is 47.4 Å². The molecular weight excluding hydrogens is 346 g/mol. The summed E-state index contributed by atoms with van der Waals surface area (Å²) in [7, 11) is 0.759. The van der Waals surface area contributed by atoms with Gasteiger partial charge in [0.15, 0.2) is 0 Å². The summed E-state index contributed by atoms with van der Waals surface area (Å²) in [5, 5.41) is 0. The fourth-order valence-electron chi connectivity index (χ4n) is 2.09. The molecule has 2 aromatic carbocycles. The summed E-state index contributed by atoms with van der Waals surface area (Å²) < 4.78 is 48.0. The predicted octanol–water partition coefficient (Wildman–Crippen LogP) is 2.07. The second kappa shape index (κ2) is 8.59. The molecule has 0 saturated heterocycles. The molecule has 136 valence electrons. The Labute approximate surface area is 147 Å². The molecule has 25 heavy (non-hydrogen) atoms. The van der Waals surface area contributed by atoms with Crippen molar-refractivity contribution in [3.8, 4) is 23.0 Å². The maximum Gasteiger partial charge on any atom is 0.244 e. The number of sulfonamides is 1. The number of hydrogen-bond acceptors (Lipinski definition) is 6. The van der Waals surface area contributed by atoms with Gasteiger partial charge in [-0.25, -0.2) is 13.1 Å². The Balaban J connectivity index is 1.95. The average Bonchev–Trinajstić information content (AvgIpc) is 2.65. The van der Waals surface area contributed by atoms with Gasteiger partial charge in [0.1, 0.15) is 34.5 Å². The number of methoxy groups -OCH3 is 3. The highest BCUT2D eigenvalue weighted by Crippen LogP contribution is 2.28. The van der Waals surface area contributed by atoms with Crippen LogP contribution < -0.4 is 23.7 Å². The van der Waals surface area contributed by atoms with E-state index in [0.717, 1.165) is 5.75 Å². The molecule has 0 fully saturated rings. The van der Waals surface area contributed by atoms with Gasteiger partial charge in [-0.2, -0.15) is 0 Å². The van der Waals surface area contributed by atoms with Crippen LogP contribution in [0, 0.1) is 0 Å². The van der Waals surface area contributed by atoms with Gasteiger partial charge in [0.25, 0.3) is 0 Å². The van der Waals surface area contributed by atoms with Crippen LogP contribution in [0.5, 0.6) is 23.0 Å². The molecule has 0 aliphatic rings. The van der Waals surface area contributed by atoms with Crippen LogP contribution in [-0.2, 0) is 10.0 Å². The first kappa shape index (κ1) is 18.9. The monoisotopic (exact) mass is 367 g/mol. The van der Waals surface area contributed by atoms with Gasteiger partial charge in [-0.05, 0) is 36.4 Å². The van der Waals surface area contributed by atoms with Crippen LogP contribution in [0.4, 0.5) is 0 Å². The third-order valence-electron chi connectivity index (χ3n) is 3.38. The third kappa shape index (κ3) is 5.01. The predicted molar refractivity (Wildman–Crippen MR) is 93.2 cm³/mol. The number of ether oxygens (including phenoxy) is 4. The topological polar surface area (TPSA) is 83.1 Å². The molecule has 0 spiro atoms. The molecule has 2 aromatic rings. The molecule has 7 nitrogen and oxygen atoms in total. The molecule has 0 amide bonds. The van der Waals surface area contributed by atoms with Crippen molar-refractivity contribution < 1.29 is 27.4 Å². The number of nitrogens with one attached hydrogen (secondary N) is 1. The highest BCUT2D eigenvalue weighted by Gasteiger charge is 2.19. The Kier molecular flexibility index (Phi) is 6.49. The number of rotatable bonds is 9. The summed E-state index contributed by atoms with van der Waals surface area (Å²) in [5.74, 6) is 2.07. The molecule has 0 saturated carbocycles. The van der Waals surface area contributed by atoms with E-state index in [9.17, 15) is 8.42 Å². The lowest BCUT2D eigenvalue weighted by atomic mass is 10.3. The molecule has 2 rings (SSSR count). The fraction of sp³-hybridized carbons (Fsp3) is 0.294. The zero-order valence-electron chi connectivity index (χ0n) is 14.3. The molecule has 0 bridgehead atoms. The molecule has 8 heteroatoms. The van der Waals surface area contributed by atoms with E-state index in [0.29, 0.717) is 11.5 Å². The Hall–Kier alpha value is -2.45. The Morgan fingerprint density at radius 3 is 2.04 bits per heavy atom. The van der Waals surface area contributed by atoms with Crippen molar-refractivity contribution in [3.63, 3.8) is 0 Å². The normalized spacial score (nSPS) is 11.0. The van der Waals surface area contributed by atoms with Gasteiger partial charge >= 0.3 is 0 Å². The SMILES string of the molecule is COc1ccc(OCCNS(=O)(=O)c2ccc(OC)cc2OC)cc1. The van der Waals surface area contributed by atoms with E-state index in [-0.39, 0.29) is 23.8 Å². The Morgan fingerprint density at radius 1 is 0.840 bits per heavy atom. The van der Waals surface area contributed by atoms with Crippen molar-refractivity contribution in [2.24, 2.45) is 0 Å². The van der Waals surface area contributed by atoms with E-state index in [4.69, 9.17) is 18.9 Å². The molecule has 0 aliphatic heterocycles. The summed E-state index contributed by atoms with van der Waals surface area (Å²) in [5.41, 5.74) is 0. The summed E-state index contributed by atoms with van der Waals surface area (Å²) in [6.07, 6.45) is 0. The van der Waals surface area contributed by atoms with Crippen LogP contribution in [0.25, 0.3) is 0 Å². The summed E-state index contributed by atoms with van der Waals surface area (Å²) in [6.45, 7) is 0.299. The van der Waals surface area contributed by atoms with E-state index < -0.39 is 10.0 Å². The summed E-state index contributed by atoms with van der Waals surface area (Å²) >= 11 is 0. The summed E-state index contributed by atoms with van der Waals surface area (Å²) in [4.78, 5) is 0.0419. The van der Waals surface area contributed by atoms with Gasteiger partial charge in [-0.3, -0.25) is 0 Å². The van der Waals surface area contributed by atoms with Crippen molar-refractivity contribution in [2.45, 2.75) is 4.90 Å². The highest BCUT2D eigenvalue weighted by molar-refractivity contribution is 7.89. The third-order valence-corrected chi connectivity index (χ3v) is 4.88. The molecule has 0 aromatic heterocycles. The second-order valence-electron chi connectivity index (χ2n) is 4.94. The molecule has 0 radical (unpaired) electrons. The standard InChI is InChI=1S/C17H21NO6S/c1-21-13-4-6-14(7-5-13)24-11-10-18-25(19,20)17-9-8-15(22-2)12-16(17)23-3/h4-9,12,18H,10-11H2,1-3H3. The summed E-state index contributed by atoms with van der Waals surface area (Å²) in [6, 6.07) is 11.5. The van der Waals surface area contributed by atoms with E-state index >= 15 is 0 Å². The highest BCUT2D eigenvalue weighted by atomic mass is 32.2. The first-order valence-electron chi connectivity index (χ1n) is 7.48. The molecule has 0 aliphatic carbocycles. The lowest BCUT2D eigenvalue weighted by molar-refractivity contribution is 0.321. The van der Waals surface area contributed by atoms with E-state index in [1.165, 1.54) is 26.4 Å². The smallest absolute Gasteiger partial charge is 0.244 e. The van der Waals surface area contributed by atoms with E-state index in [1.807, 2.05) is 0 Å². The van der Waals surface area contributed by atoms with Crippen molar-refractivity contribution in [3.05, 3.63) is 42.5 Å². The second-order valence-corrected chi connectivity index (χ2v) is 6.67. The zero-order chi connectivity index (χ0) is 18.3. The number of benzene rings is 2. The lowest BCUT2D eigenvalue weighted by Crippen LogP contribution is -2.28. The van der Waals surface area contributed by atoms with Crippen molar-refractivity contribution in [2.75, 3.05) is 34.5 Å². The minimum absolute atomic E-state index is 0.0419. The molecule has 1 N–H and O–H groups in total. The minimum atomic E-state index is -3.72. The largest absolute Gasteiger partial charge is 0.497 e. The molecular formula is C17H21NO6S. The van der Waals surface area contributed by atoms with E-state index in [2.05, 4.69) is 4.72 Å². The van der Waals surface area contributed by atoms with Crippen LogP contribution in [0.2, 0.25) is 0 Å². The van der Waals surface area contributed by atoms with Gasteiger partial charge in [0, 0.05) is 12.6 Å². The van der Waals surface area contributed by atoms with Crippen LogP contribution in [-0.4, -0.2) is 42.9 Å². The van der Waals surface area contributed by atoms with Crippen molar-refractivity contribution in [1.82, 2.24) is 4.72 Å². The van der Waals surface area contributed by atoms with Crippen LogP contribution in [0.3, 0.4) is 0 Å². The molecule has 0 atom stereocenters. The Morgan fingerprint density at radius 2 is 1.44 bits per heavy atom. The molecule has 0 heterocycles. The van der Waals surface area contributed by atoms with Crippen LogP contribution in [0.1, 0.15) is 0 Å². The van der Waals surface area contributed by atoms with Gasteiger partial charge in [-0.1, -0.05) is 0 Å². The Bertz CT molecular complexity index is 789. The maximum atomic E-state index is 12.4. The fourth-order valence-corrected chi connectivity index (χ4v) is 3.25. The van der Waals surface area contributed by atoms with Gasteiger partial charge < -0.3 is 18.9 Å². The first-order valence-corrected chi connectivity index (χ1v) is 8.97. The van der Waals surface area contributed by atoms with Crippen LogP contribution >= 0.6 is 0 Å². The first-order chi connectivity index (χ1) is 12.0. The minimum Gasteiger partial charge on any atom is -0.497 e. The van der Waals surface area contributed by atoms with Crippen molar-refractivity contribution >= 4 is 10.0 Å². The number of hydrogen-bond donors (Lipinski definition) is 1. The van der Waals surface area contributed by atoms with Gasteiger partial charge in [-0.15, -0.1) is 0 Å².